The van der Waals surface area contributed by atoms with Crippen molar-refractivity contribution in [3.8, 4) is 6.07 Å². The molecule has 1 aliphatic rings. The van der Waals surface area contributed by atoms with Crippen molar-refractivity contribution in [1.29, 1.82) is 5.26 Å². The summed E-state index contributed by atoms with van der Waals surface area (Å²) in [6.07, 6.45) is -0.0764. The number of aromatic amines is 1. The molecule has 312 valence electrons. The topological polar surface area (TPSA) is 227 Å². The van der Waals surface area contributed by atoms with E-state index in [-0.39, 0.29) is 29.1 Å². The fourth-order valence-electron chi connectivity index (χ4n) is 6.28. The van der Waals surface area contributed by atoms with Crippen LogP contribution in [0.5, 0.6) is 0 Å². The van der Waals surface area contributed by atoms with Crippen molar-refractivity contribution in [3.63, 3.8) is 0 Å². The van der Waals surface area contributed by atoms with Crippen LogP contribution in [0.3, 0.4) is 0 Å². The van der Waals surface area contributed by atoms with Gasteiger partial charge < -0.3 is 36.5 Å². The Morgan fingerprint density at radius 2 is 1.73 bits per heavy atom. The van der Waals surface area contributed by atoms with Crippen LogP contribution in [-0.2, 0) is 25.6 Å². The zero-order valence-electron chi connectivity index (χ0n) is 31.3. The summed E-state index contributed by atoms with van der Waals surface area (Å²) in [4.78, 5) is 38.9. The number of nitrogens with two attached hydrogens (primary N) is 1. The van der Waals surface area contributed by atoms with E-state index in [1.165, 1.54) is 12.4 Å². The molecule has 2 atom stereocenters. The second-order valence-electron chi connectivity index (χ2n) is 14.0. The number of alkyl halides is 3. The van der Waals surface area contributed by atoms with Crippen LogP contribution in [0.15, 0.2) is 90.2 Å². The van der Waals surface area contributed by atoms with Crippen molar-refractivity contribution in [2.24, 2.45) is 5.73 Å². The highest BCUT2D eigenvalue weighted by Crippen LogP contribution is 2.34. The van der Waals surface area contributed by atoms with Gasteiger partial charge in [0.2, 0.25) is 5.91 Å². The molecule has 0 radical (unpaired) electrons. The number of nitrogens with one attached hydrogen (secondary N) is 3. The molecule has 59 heavy (non-hydrogen) atoms. The number of aliphatic hydroxyl groups is 2. The second kappa shape index (κ2) is 18.1. The number of halogens is 5. The minimum atomic E-state index is -4.86. The van der Waals surface area contributed by atoms with E-state index in [0.717, 1.165) is 65.7 Å². The number of H-pyrrole nitrogens is 1. The van der Waals surface area contributed by atoms with Gasteiger partial charge in [-0.1, -0.05) is 23.7 Å². The number of carbonyl (C=O) groups excluding carboxylic acids is 2. The molecule has 14 nitrogen and oxygen atoms in total. The van der Waals surface area contributed by atoms with Crippen LogP contribution < -0.4 is 21.3 Å². The van der Waals surface area contributed by atoms with Gasteiger partial charge >= 0.3 is 6.18 Å². The highest BCUT2D eigenvalue weighted by Gasteiger charge is 2.40. The second-order valence-corrected chi connectivity index (χ2v) is 16.4. The molecule has 1 aliphatic heterocycles. The van der Waals surface area contributed by atoms with Crippen LogP contribution >= 0.6 is 11.6 Å². The van der Waals surface area contributed by atoms with Gasteiger partial charge in [0.1, 0.15) is 23.6 Å². The average molecular weight is 859 g/mol. The lowest BCUT2D eigenvalue weighted by Gasteiger charge is -2.39. The molecule has 5 aromatic rings. The van der Waals surface area contributed by atoms with Crippen molar-refractivity contribution in [3.05, 3.63) is 113 Å². The number of carbonyl (C=O) groups is 2. The molecule has 1 saturated heterocycles. The van der Waals surface area contributed by atoms with E-state index in [2.05, 4.69) is 25.2 Å². The summed E-state index contributed by atoms with van der Waals surface area (Å²) in [5, 5.41) is 35.1. The number of aliphatic hydroxyl groups excluding tert-OH is 1. The van der Waals surface area contributed by atoms with Crippen LogP contribution in [0.2, 0.25) is 5.02 Å². The van der Waals surface area contributed by atoms with Gasteiger partial charge in [0.25, 0.3) is 5.91 Å². The van der Waals surface area contributed by atoms with Gasteiger partial charge in [0.15, 0.2) is 15.4 Å². The Balaban J connectivity index is 0.000000224. The van der Waals surface area contributed by atoms with Crippen LogP contribution in [0.1, 0.15) is 48.9 Å². The summed E-state index contributed by atoms with van der Waals surface area (Å²) in [7, 11) is -4.21. The third-order valence-electron chi connectivity index (χ3n) is 9.57. The molecule has 1 unspecified atom stereocenters. The lowest BCUT2D eigenvalue weighted by atomic mass is 9.87. The normalized spacial score (nSPS) is 15.6. The fraction of sp³-hybridized carbons (Fsp3) is 0.308. The maximum atomic E-state index is 13.1. The standard InChI is InChI=1S/C21H25ClN6O2.C18H14F4N2O4S/c22-15-3-1-14(2-4-15)17(6-12-29)27-20(30)21(23)7-10-28(11-8-21)19-16-5-9-24-18(16)25-13-26-19;1-17(26,10-29(27,28)14-6-3-12(19)4-7-14)16(25)24-13-5-2-11(9-23)15(8-13)18(20,21)22/h1-5,9,13,17,29H,6-8,10-12,23H2,(H,27,30)(H,24,25,26);2-8,26H,10H2,1H3,(H,24,25)/t17-;/m0./s1. The van der Waals surface area contributed by atoms with Crippen LogP contribution in [0, 0.1) is 17.1 Å². The monoisotopic (exact) mass is 858 g/mol. The molecule has 0 bridgehead atoms. The number of nitriles is 1. The quantitative estimate of drug-likeness (QED) is 0.0763. The summed E-state index contributed by atoms with van der Waals surface area (Å²) in [5.74, 6) is -2.41. The Labute approximate surface area is 341 Å². The first-order valence-electron chi connectivity index (χ1n) is 17.9. The average Bonchev–Trinajstić information content (AvgIpc) is 3.68. The number of amides is 2. The van der Waals surface area contributed by atoms with Gasteiger partial charge in [-0.3, -0.25) is 9.59 Å². The van der Waals surface area contributed by atoms with E-state index in [1.807, 2.05) is 29.7 Å². The number of hydrogen-bond acceptors (Lipinski definition) is 11. The minimum absolute atomic E-state index is 0.0424. The number of benzene rings is 3. The molecule has 3 heterocycles. The predicted octanol–water partition coefficient (Wildman–Crippen LogP) is 5.03. The molecule has 6 rings (SSSR count). The van der Waals surface area contributed by atoms with Crippen molar-refractivity contribution in [2.45, 2.75) is 54.4 Å². The molecule has 0 saturated carbocycles. The summed E-state index contributed by atoms with van der Waals surface area (Å²) in [6.45, 7) is 2.07. The molecule has 3 aromatic carbocycles. The van der Waals surface area contributed by atoms with Crippen molar-refractivity contribution < 1.29 is 45.8 Å². The predicted molar refractivity (Wildman–Crippen MR) is 210 cm³/mol. The first-order chi connectivity index (χ1) is 27.8. The maximum Gasteiger partial charge on any atom is 0.417 e. The van der Waals surface area contributed by atoms with E-state index in [0.29, 0.717) is 43.4 Å². The highest BCUT2D eigenvalue weighted by molar-refractivity contribution is 7.91. The van der Waals surface area contributed by atoms with Gasteiger partial charge in [-0.15, -0.1) is 0 Å². The molecule has 7 N–H and O–H groups in total. The number of anilines is 2. The number of hydrogen-bond donors (Lipinski definition) is 6. The van der Waals surface area contributed by atoms with E-state index in [4.69, 9.17) is 22.6 Å². The highest BCUT2D eigenvalue weighted by atomic mass is 35.5. The Hall–Kier alpha value is -5.65. The van der Waals surface area contributed by atoms with E-state index in [1.54, 1.807) is 12.1 Å². The molecule has 0 aliphatic carbocycles. The lowest BCUT2D eigenvalue weighted by molar-refractivity contribution is -0.138. The van der Waals surface area contributed by atoms with Crippen molar-refractivity contribution in [2.75, 3.05) is 35.7 Å². The van der Waals surface area contributed by atoms with Gasteiger partial charge in [-0.05, 0) is 92.4 Å². The van der Waals surface area contributed by atoms with E-state index < -0.39 is 55.8 Å². The smallest absolute Gasteiger partial charge is 0.396 e. The SMILES string of the molecule is CC(O)(CS(=O)(=O)c1ccc(F)cc1)C(=O)Nc1ccc(C#N)c(C(F)(F)F)c1.NC1(C(=O)N[C@@H](CCO)c2ccc(Cl)cc2)CCN(c2ncnc3[nH]ccc23)CC1. The van der Waals surface area contributed by atoms with Gasteiger partial charge in [-0.2, -0.15) is 18.4 Å². The summed E-state index contributed by atoms with van der Waals surface area (Å²) < 4.78 is 76.6. The third kappa shape index (κ3) is 10.9. The minimum Gasteiger partial charge on any atom is -0.396 e. The van der Waals surface area contributed by atoms with Gasteiger partial charge in [0.05, 0.1) is 44.8 Å². The maximum absolute atomic E-state index is 13.1. The zero-order chi connectivity index (χ0) is 43.2. The number of nitrogens with zero attached hydrogens (tertiary/aromatic N) is 4. The van der Waals surface area contributed by atoms with Crippen LogP contribution in [-0.4, -0.2) is 82.0 Å². The zero-order valence-corrected chi connectivity index (χ0v) is 32.9. The molecular formula is C39H39ClF4N8O6S. The summed E-state index contributed by atoms with van der Waals surface area (Å²) in [6, 6.07) is 16.3. The number of sulfone groups is 1. The Bertz CT molecular complexity index is 2430. The van der Waals surface area contributed by atoms with Crippen LogP contribution in [0.25, 0.3) is 11.0 Å². The molecule has 2 amide bonds. The molecule has 2 aromatic heterocycles. The molecule has 1 fully saturated rings. The van der Waals surface area contributed by atoms with Gasteiger partial charge in [-0.25, -0.2) is 22.8 Å². The van der Waals surface area contributed by atoms with Crippen molar-refractivity contribution >= 4 is 55.8 Å². The molecule has 0 spiro atoms. The third-order valence-corrected chi connectivity index (χ3v) is 11.8. The number of aromatic nitrogens is 3. The molecular weight excluding hydrogens is 820 g/mol. The Kier molecular flexibility index (Phi) is 13.6. The van der Waals surface area contributed by atoms with E-state index >= 15 is 0 Å². The Morgan fingerprint density at radius 3 is 2.34 bits per heavy atom. The summed E-state index contributed by atoms with van der Waals surface area (Å²) in [5.41, 5.74) is 2.36. The molecule has 20 heteroatoms. The van der Waals surface area contributed by atoms with Gasteiger partial charge in [0, 0.05) is 36.6 Å². The van der Waals surface area contributed by atoms with Crippen molar-refractivity contribution in [1.82, 2.24) is 20.3 Å². The number of rotatable bonds is 11. The van der Waals surface area contributed by atoms with Crippen LogP contribution in [0.4, 0.5) is 29.1 Å². The largest absolute Gasteiger partial charge is 0.417 e. The summed E-state index contributed by atoms with van der Waals surface area (Å²) >= 11 is 5.96. The Morgan fingerprint density at radius 1 is 1.07 bits per heavy atom. The lowest BCUT2D eigenvalue weighted by Crippen LogP contribution is -2.60. The fourth-order valence-corrected chi connectivity index (χ4v) is 8.00. The first kappa shape index (κ1) is 44.5. The number of fused-ring (bicyclic) bond motifs is 1. The first-order valence-corrected chi connectivity index (χ1v) is 19.9. The van der Waals surface area contributed by atoms with E-state index in [9.17, 15) is 45.8 Å². The number of piperidine rings is 1.